The highest BCUT2D eigenvalue weighted by Crippen LogP contribution is 2.20. The van der Waals surface area contributed by atoms with Gasteiger partial charge in [-0.15, -0.1) is 11.8 Å². The molecule has 1 aromatic carbocycles. The van der Waals surface area contributed by atoms with E-state index in [0.717, 1.165) is 5.69 Å². The van der Waals surface area contributed by atoms with E-state index in [0.29, 0.717) is 5.11 Å². The molecule has 0 aliphatic heterocycles. The van der Waals surface area contributed by atoms with Gasteiger partial charge in [0.1, 0.15) is 0 Å². The molecule has 0 aliphatic rings. The minimum absolute atomic E-state index is 0.387. The lowest BCUT2D eigenvalue weighted by atomic mass is 10.3. The van der Waals surface area contributed by atoms with Crippen LogP contribution in [0.25, 0.3) is 0 Å². The van der Waals surface area contributed by atoms with Gasteiger partial charge in [0.25, 0.3) is 0 Å². The van der Waals surface area contributed by atoms with Crippen molar-refractivity contribution in [1.82, 2.24) is 0 Å². The van der Waals surface area contributed by atoms with Crippen LogP contribution in [0.1, 0.15) is 0 Å². The third-order valence-corrected chi connectivity index (χ3v) is 2.77. The van der Waals surface area contributed by atoms with Gasteiger partial charge in [-0.05, 0) is 36.7 Å². The molecule has 0 aliphatic carbocycles. The monoisotopic (exact) mass is 212 g/mol. The maximum absolute atomic E-state index is 5.51. The molecule has 4 heteroatoms. The second kappa shape index (κ2) is 4.48. The maximum atomic E-state index is 5.51. The van der Waals surface area contributed by atoms with Crippen LogP contribution in [0.5, 0.6) is 0 Å². The van der Waals surface area contributed by atoms with Crippen LogP contribution in [0.15, 0.2) is 29.2 Å². The minimum atomic E-state index is 0.387. The summed E-state index contributed by atoms with van der Waals surface area (Å²) < 4.78 is 0. The number of nitrogens with two attached hydrogens (primary N) is 1. The van der Waals surface area contributed by atoms with E-state index in [1.54, 1.807) is 16.7 Å². The zero-order valence-electron chi connectivity index (χ0n) is 7.65. The Kier molecular flexibility index (Phi) is 3.57. The third-order valence-electron chi connectivity index (χ3n) is 1.77. The molecule has 0 spiro atoms. The predicted molar refractivity (Wildman–Crippen MR) is 63.4 cm³/mol. The number of hydrogen-bond donors (Lipinski definition) is 1. The molecule has 0 unspecified atom stereocenters. The molecule has 0 atom stereocenters. The lowest BCUT2D eigenvalue weighted by molar-refractivity contribution is 1.25. The summed E-state index contributed by atoms with van der Waals surface area (Å²) in [7, 11) is 1.86. The SMILES string of the molecule is CSc1cccc(N(C)C(N)=S)c1. The van der Waals surface area contributed by atoms with E-state index in [1.807, 2.05) is 25.4 Å². The number of anilines is 1. The van der Waals surface area contributed by atoms with Crippen molar-refractivity contribution < 1.29 is 0 Å². The van der Waals surface area contributed by atoms with E-state index in [1.165, 1.54) is 4.90 Å². The predicted octanol–water partition coefficient (Wildman–Crippen LogP) is 2.09. The molecule has 2 nitrogen and oxygen atoms in total. The number of thiocarbonyl (C=S) groups is 1. The molecule has 0 saturated carbocycles. The third kappa shape index (κ3) is 2.60. The van der Waals surface area contributed by atoms with Crippen molar-refractivity contribution in [3.63, 3.8) is 0 Å². The van der Waals surface area contributed by atoms with Crippen LogP contribution < -0.4 is 10.6 Å². The fraction of sp³-hybridized carbons (Fsp3) is 0.222. The highest BCUT2D eigenvalue weighted by molar-refractivity contribution is 7.98. The number of nitrogens with zero attached hydrogens (tertiary/aromatic N) is 1. The van der Waals surface area contributed by atoms with Crippen LogP contribution in [-0.4, -0.2) is 18.4 Å². The quantitative estimate of drug-likeness (QED) is 0.600. The first-order valence-corrected chi connectivity index (χ1v) is 5.45. The lowest BCUT2D eigenvalue weighted by Gasteiger charge is -2.17. The molecule has 1 rings (SSSR count). The summed E-state index contributed by atoms with van der Waals surface area (Å²) in [5, 5.41) is 0.387. The first-order chi connectivity index (χ1) is 6.15. The topological polar surface area (TPSA) is 29.3 Å². The Morgan fingerprint density at radius 1 is 1.54 bits per heavy atom. The molecule has 0 radical (unpaired) electrons. The maximum Gasteiger partial charge on any atom is 0.170 e. The summed E-state index contributed by atoms with van der Waals surface area (Å²) >= 11 is 6.58. The fourth-order valence-electron chi connectivity index (χ4n) is 0.946. The zero-order chi connectivity index (χ0) is 9.84. The second-order valence-electron chi connectivity index (χ2n) is 2.60. The molecular weight excluding hydrogens is 200 g/mol. The first-order valence-electron chi connectivity index (χ1n) is 3.82. The van der Waals surface area contributed by atoms with Gasteiger partial charge < -0.3 is 10.6 Å². The first kappa shape index (κ1) is 10.3. The second-order valence-corrected chi connectivity index (χ2v) is 3.90. The van der Waals surface area contributed by atoms with Gasteiger partial charge in [0, 0.05) is 17.6 Å². The van der Waals surface area contributed by atoms with Crippen molar-refractivity contribution in [3.05, 3.63) is 24.3 Å². The smallest absolute Gasteiger partial charge is 0.170 e. The largest absolute Gasteiger partial charge is 0.376 e. The van der Waals surface area contributed by atoms with Crippen LogP contribution in [0, 0.1) is 0 Å². The van der Waals surface area contributed by atoms with Crippen molar-refractivity contribution in [3.8, 4) is 0 Å². The van der Waals surface area contributed by atoms with Crippen molar-refractivity contribution >= 4 is 34.8 Å². The molecule has 13 heavy (non-hydrogen) atoms. The molecule has 0 saturated heterocycles. The van der Waals surface area contributed by atoms with Crippen LogP contribution in [0.2, 0.25) is 0 Å². The Hall–Kier alpha value is -0.740. The lowest BCUT2D eigenvalue weighted by Crippen LogP contribution is -2.31. The van der Waals surface area contributed by atoms with Crippen molar-refractivity contribution in [2.75, 3.05) is 18.2 Å². The Labute approximate surface area is 88.1 Å². The van der Waals surface area contributed by atoms with Crippen molar-refractivity contribution in [2.45, 2.75) is 4.90 Å². The molecule has 70 valence electrons. The Morgan fingerprint density at radius 3 is 2.77 bits per heavy atom. The Balaban J connectivity index is 2.94. The summed E-state index contributed by atoms with van der Waals surface area (Å²) in [6, 6.07) is 8.10. The van der Waals surface area contributed by atoms with E-state index < -0.39 is 0 Å². The van der Waals surface area contributed by atoms with Crippen molar-refractivity contribution in [2.24, 2.45) is 5.73 Å². The average molecular weight is 212 g/mol. The molecule has 0 aromatic heterocycles. The molecule has 2 N–H and O–H groups in total. The van der Waals surface area contributed by atoms with Crippen LogP contribution >= 0.6 is 24.0 Å². The Bertz CT molecular complexity index is 312. The number of thioether (sulfide) groups is 1. The van der Waals surface area contributed by atoms with Gasteiger partial charge >= 0.3 is 0 Å². The molecule has 0 heterocycles. The van der Waals surface area contributed by atoms with Crippen LogP contribution in [0.4, 0.5) is 5.69 Å². The highest BCUT2D eigenvalue weighted by atomic mass is 32.2. The van der Waals surface area contributed by atoms with Crippen molar-refractivity contribution in [1.29, 1.82) is 0 Å². The van der Waals surface area contributed by atoms with Gasteiger partial charge in [0.2, 0.25) is 0 Å². The number of benzene rings is 1. The van der Waals surface area contributed by atoms with Gasteiger partial charge in [-0.2, -0.15) is 0 Å². The highest BCUT2D eigenvalue weighted by Gasteiger charge is 2.02. The van der Waals surface area contributed by atoms with E-state index in [4.69, 9.17) is 18.0 Å². The van der Waals surface area contributed by atoms with Gasteiger partial charge in [-0.3, -0.25) is 0 Å². The summed E-state index contributed by atoms with van der Waals surface area (Å²) in [6.07, 6.45) is 2.04. The molecule has 0 bridgehead atoms. The van der Waals surface area contributed by atoms with Gasteiger partial charge in [0.05, 0.1) is 0 Å². The Morgan fingerprint density at radius 2 is 2.23 bits per heavy atom. The van der Waals surface area contributed by atoms with Crippen LogP contribution in [-0.2, 0) is 0 Å². The summed E-state index contributed by atoms with van der Waals surface area (Å²) in [5.41, 5.74) is 6.54. The van der Waals surface area contributed by atoms with Gasteiger partial charge in [-0.1, -0.05) is 6.07 Å². The van der Waals surface area contributed by atoms with Gasteiger partial charge in [-0.25, -0.2) is 0 Å². The number of rotatable bonds is 2. The molecule has 0 fully saturated rings. The zero-order valence-corrected chi connectivity index (χ0v) is 9.28. The number of hydrogen-bond acceptors (Lipinski definition) is 2. The van der Waals surface area contributed by atoms with E-state index in [2.05, 4.69) is 12.1 Å². The van der Waals surface area contributed by atoms with E-state index in [9.17, 15) is 0 Å². The summed E-state index contributed by atoms with van der Waals surface area (Å²) in [6.45, 7) is 0. The summed E-state index contributed by atoms with van der Waals surface area (Å²) in [4.78, 5) is 3.00. The van der Waals surface area contributed by atoms with Gasteiger partial charge in [0.15, 0.2) is 5.11 Å². The molecule has 0 amide bonds. The normalized spacial score (nSPS) is 9.69. The van der Waals surface area contributed by atoms with E-state index >= 15 is 0 Å². The molecular formula is C9H12N2S2. The minimum Gasteiger partial charge on any atom is -0.376 e. The van der Waals surface area contributed by atoms with Crippen LogP contribution in [0.3, 0.4) is 0 Å². The fourth-order valence-corrected chi connectivity index (χ4v) is 1.51. The average Bonchev–Trinajstić information content (AvgIpc) is 2.16. The molecule has 1 aromatic rings. The standard InChI is InChI=1S/C9H12N2S2/c1-11(9(10)12)7-4-3-5-8(6-7)13-2/h3-6H,1-2H3,(H2,10,12). The van der Waals surface area contributed by atoms with E-state index in [-0.39, 0.29) is 0 Å². The summed E-state index contributed by atoms with van der Waals surface area (Å²) in [5.74, 6) is 0.